The molecule has 1 aromatic rings. The number of halogens is 2. The van der Waals surface area contributed by atoms with Gasteiger partial charge in [0, 0.05) is 18.8 Å². The van der Waals surface area contributed by atoms with Crippen molar-refractivity contribution in [3.63, 3.8) is 0 Å². The molecule has 0 saturated heterocycles. The number of hydrogen-bond acceptors (Lipinski definition) is 3. The second-order valence-electron chi connectivity index (χ2n) is 4.46. The van der Waals surface area contributed by atoms with Gasteiger partial charge in [-0.3, -0.25) is 9.48 Å². The number of alkyl halides is 2. The summed E-state index contributed by atoms with van der Waals surface area (Å²) in [5.74, 6) is 0.0488. The molecular weight excluding hydrogens is 254 g/mol. The Balaban J connectivity index is 2.73. The third-order valence-electron chi connectivity index (χ3n) is 3.43. The van der Waals surface area contributed by atoms with Gasteiger partial charge >= 0.3 is 0 Å². The molecule has 0 saturated carbocycles. The molecular formula is C12H20F2N4O. The number of hydrogen-bond donors (Lipinski definition) is 2. The molecule has 5 nitrogen and oxygen atoms in total. The van der Waals surface area contributed by atoms with Crippen LogP contribution in [0.15, 0.2) is 12.3 Å². The van der Waals surface area contributed by atoms with Gasteiger partial charge in [0.25, 0.3) is 6.43 Å². The van der Waals surface area contributed by atoms with Crippen LogP contribution >= 0.6 is 0 Å². The van der Waals surface area contributed by atoms with Gasteiger partial charge < -0.3 is 11.1 Å². The van der Waals surface area contributed by atoms with Crippen molar-refractivity contribution in [2.45, 2.75) is 39.7 Å². The second-order valence-corrected chi connectivity index (χ2v) is 4.46. The van der Waals surface area contributed by atoms with E-state index < -0.39 is 18.4 Å². The predicted octanol–water partition coefficient (Wildman–Crippen LogP) is 1.85. The first-order chi connectivity index (χ1) is 8.97. The van der Waals surface area contributed by atoms with E-state index in [-0.39, 0.29) is 18.3 Å². The Labute approximate surface area is 111 Å². The lowest BCUT2D eigenvalue weighted by atomic mass is 9.81. The number of nitrogens with one attached hydrogen (secondary N) is 1. The lowest BCUT2D eigenvalue weighted by Gasteiger charge is -2.27. The minimum atomic E-state index is -2.47. The van der Waals surface area contributed by atoms with Crippen LogP contribution in [0.25, 0.3) is 0 Å². The van der Waals surface area contributed by atoms with Crippen LogP contribution in [0.1, 0.15) is 26.7 Å². The SMILES string of the molecule is CCC(CC)(CN)C(=O)Nc1ccn(CC(F)F)n1. The molecule has 0 unspecified atom stereocenters. The van der Waals surface area contributed by atoms with Crippen LogP contribution in [0.5, 0.6) is 0 Å². The molecule has 108 valence electrons. The zero-order valence-corrected chi connectivity index (χ0v) is 11.2. The monoisotopic (exact) mass is 274 g/mol. The van der Waals surface area contributed by atoms with Crippen LogP contribution in [0, 0.1) is 5.41 Å². The summed E-state index contributed by atoms with van der Waals surface area (Å²) in [6.07, 6.45) is 0.162. The molecule has 1 aromatic heterocycles. The first-order valence-corrected chi connectivity index (χ1v) is 6.30. The predicted molar refractivity (Wildman–Crippen MR) is 68.9 cm³/mol. The number of rotatable bonds is 7. The van der Waals surface area contributed by atoms with Crippen LogP contribution in [-0.4, -0.2) is 28.7 Å². The summed E-state index contributed by atoms with van der Waals surface area (Å²) < 4.78 is 25.5. The molecule has 0 spiro atoms. The van der Waals surface area contributed by atoms with Crippen LogP contribution in [-0.2, 0) is 11.3 Å². The largest absolute Gasteiger partial charge is 0.329 e. The van der Waals surface area contributed by atoms with Gasteiger partial charge in [0.05, 0.1) is 5.41 Å². The van der Waals surface area contributed by atoms with Crippen molar-refractivity contribution in [2.75, 3.05) is 11.9 Å². The van der Waals surface area contributed by atoms with Crippen molar-refractivity contribution in [3.8, 4) is 0 Å². The molecule has 0 aliphatic heterocycles. The molecule has 1 amide bonds. The molecule has 19 heavy (non-hydrogen) atoms. The van der Waals surface area contributed by atoms with Crippen LogP contribution in [0.2, 0.25) is 0 Å². The zero-order valence-electron chi connectivity index (χ0n) is 11.2. The van der Waals surface area contributed by atoms with Gasteiger partial charge in [-0.15, -0.1) is 0 Å². The Morgan fingerprint density at radius 3 is 2.63 bits per heavy atom. The molecule has 0 aliphatic carbocycles. The number of nitrogens with zero attached hydrogens (tertiary/aromatic N) is 2. The highest BCUT2D eigenvalue weighted by Gasteiger charge is 2.33. The fraction of sp³-hybridized carbons (Fsp3) is 0.667. The standard InChI is InChI=1S/C12H20F2N4O/c1-3-12(4-2,8-15)11(19)16-10-5-6-18(17-10)7-9(13)14/h5-6,9H,3-4,7-8,15H2,1-2H3,(H,16,17,19). The number of carbonyl (C=O) groups excluding carboxylic acids is 1. The molecule has 3 N–H and O–H groups in total. The van der Waals surface area contributed by atoms with Crippen LogP contribution in [0.4, 0.5) is 14.6 Å². The number of anilines is 1. The lowest BCUT2D eigenvalue weighted by molar-refractivity contribution is -0.125. The molecule has 0 atom stereocenters. The highest BCUT2D eigenvalue weighted by molar-refractivity contribution is 5.94. The number of nitrogens with two attached hydrogens (primary N) is 1. The van der Waals surface area contributed by atoms with E-state index in [4.69, 9.17) is 5.73 Å². The Kier molecular flexibility index (Phi) is 5.41. The minimum absolute atomic E-state index is 0.220. The quantitative estimate of drug-likeness (QED) is 0.797. The summed E-state index contributed by atoms with van der Waals surface area (Å²) in [5, 5.41) is 6.50. The summed E-state index contributed by atoms with van der Waals surface area (Å²) in [6, 6.07) is 1.49. The van der Waals surface area contributed by atoms with Gasteiger partial charge in [-0.1, -0.05) is 13.8 Å². The Morgan fingerprint density at radius 1 is 1.53 bits per heavy atom. The summed E-state index contributed by atoms with van der Waals surface area (Å²) in [7, 11) is 0. The van der Waals surface area contributed by atoms with Crippen LogP contribution < -0.4 is 11.1 Å². The van der Waals surface area contributed by atoms with E-state index in [2.05, 4.69) is 10.4 Å². The average Bonchev–Trinajstić information content (AvgIpc) is 2.78. The average molecular weight is 274 g/mol. The Morgan fingerprint density at radius 2 is 2.16 bits per heavy atom. The Bertz CT molecular complexity index is 407. The van der Waals surface area contributed by atoms with E-state index in [0.717, 1.165) is 4.68 Å². The second kappa shape index (κ2) is 6.60. The maximum Gasteiger partial charge on any atom is 0.257 e. The fourth-order valence-corrected chi connectivity index (χ4v) is 1.87. The topological polar surface area (TPSA) is 72.9 Å². The van der Waals surface area contributed by atoms with Crippen molar-refractivity contribution in [1.29, 1.82) is 0 Å². The zero-order chi connectivity index (χ0) is 14.5. The minimum Gasteiger partial charge on any atom is -0.329 e. The third kappa shape index (κ3) is 3.73. The van der Waals surface area contributed by atoms with Gasteiger partial charge in [-0.05, 0) is 12.8 Å². The van der Waals surface area contributed by atoms with Crippen molar-refractivity contribution >= 4 is 11.7 Å². The van der Waals surface area contributed by atoms with Gasteiger partial charge in [0.15, 0.2) is 5.82 Å². The first kappa shape index (κ1) is 15.6. The van der Waals surface area contributed by atoms with Crippen molar-refractivity contribution in [2.24, 2.45) is 11.1 Å². The van der Waals surface area contributed by atoms with Crippen molar-refractivity contribution < 1.29 is 13.6 Å². The third-order valence-corrected chi connectivity index (χ3v) is 3.43. The fourth-order valence-electron chi connectivity index (χ4n) is 1.87. The summed E-state index contributed by atoms with van der Waals surface area (Å²) in [5.41, 5.74) is 5.04. The molecule has 0 radical (unpaired) electrons. The van der Waals surface area contributed by atoms with E-state index in [1.54, 1.807) is 0 Å². The number of carbonyl (C=O) groups is 1. The maximum atomic E-state index is 12.2. The van der Waals surface area contributed by atoms with Gasteiger partial charge in [0.2, 0.25) is 5.91 Å². The lowest BCUT2D eigenvalue weighted by Crippen LogP contribution is -2.41. The first-order valence-electron chi connectivity index (χ1n) is 6.30. The van der Waals surface area contributed by atoms with E-state index in [9.17, 15) is 13.6 Å². The van der Waals surface area contributed by atoms with E-state index in [0.29, 0.717) is 12.8 Å². The van der Waals surface area contributed by atoms with E-state index >= 15 is 0 Å². The number of amides is 1. The maximum absolute atomic E-state index is 12.2. The summed E-state index contributed by atoms with van der Waals surface area (Å²) in [6.45, 7) is 3.54. The summed E-state index contributed by atoms with van der Waals surface area (Å²) in [4.78, 5) is 12.2. The van der Waals surface area contributed by atoms with Crippen molar-refractivity contribution in [3.05, 3.63) is 12.3 Å². The van der Waals surface area contributed by atoms with Gasteiger partial charge in [-0.2, -0.15) is 5.10 Å². The number of aromatic nitrogens is 2. The van der Waals surface area contributed by atoms with E-state index in [1.165, 1.54) is 12.3 Å². The van der Waals surface area contributed by atoms with Crippen molar-refractivity contribution in [1.82, 2.24) is 9.78 Å². The van der Waals surface area contributed by atoms with Gasteiger partial charge in [-0.25, -0.2) is 8.78 Å². The molecule has 1 rings (SSSR count). The smallest absolute Gasteiger partial charge is 0.257 e. The summed E-state index contributed by atoms with van der Waals surface area (Å²) >= 11 is 0. The van der Waals surface area contributed by atoms with E-state index in [1.807, 2.05) is 13.8 Å². The molecule has 7 heteroatoms. The molecule has 0 aromatic carbocycles. The highest BCUT2D eigenvalue weighted by atomic mass is 19.3. The molecule has 0 fully saturated rings. The molecule has 0 bridgehead atoms. The normalized spacial score (nSPS) is 11.9. The van der Waals surface area contributed by atoms with Crippen LogP contribution in [0.3, 0.4) is 0 Å². The molecule has 1 heterocycles. The highest BCUT2D eigenvalue weighted by Crippen LogP contribution is 2.26. The van der Waals surface area contributed by atoms with Gasteiger partial charge in [0.1, 0.15) is 6.54 Å². The Hall–Kier alpha value is -1.50. The molecule has 0 aliphatic rings.